The van der Waals surface area contributed by atoms with Crippen molar-refractivity contribution in [1.82, 2.24) is 0 Å². The van der Waals surface area contributed by atoms with Gasteiger partial charge in [-0.2, -0.15) is 0 Å². The van der Waals surface area contributed by atoms with Crippen LogP contribution in [0.4, 0.5) is 5.69 Å². The molecule has 0 bridgehead atoms. The fourth-order valence-corrected chi connectivity index (χ4v) is 2.95. The van der Waals surface area contributed by atoms with Gasteiger partial charge in [-0.3, -0.25) is 4.79 Å². The van der Waals surface area contributed by atoms with Gasteiger partial charge in [0.1, 0.15) is 0 Å². The zero-order chi connectivity index (χ0) is 21.2. The Morgan fingerprint density at radius 1 is 1.14 bits per heavy atom. The molecule has 2 aromatic rings. The van der Waals surface area contributed by atoms with Crippen LogP contribution >= 0.6 is 15.9 Å². The van der Waals surface area contributed by atoms with E-state index in [0.29, 0.717) is 46.0 Å². The normalized spacial score (nSPS) is 10.6. The quantitative estimate of drug-likeness (QED) is 0.252. The maximum Gasteiger partial charge on any atom is 0.338 e. The molecule has 0 aliphatic heterocycles. The predicted octanol–water partition coefficient (Wildman–Crippen LogP) is 3.85. The standard InChI is InChI=1S/C20H21BrN2O6/c1-3-27-17-10-13(11-22-26)9-16(21)19(17)29-12-18(24)23-15-7-5-14(6-8-15)20(25)28-4-2/h5-11,26H,3-4,12H2,1-2H3,(H,23,24). The summed E-state index contributed by atoms with van der Waals surface area (Å²) in [6, 6.07) is 9.65. The van der Waals surface area contributed by atoms with Crippen molar-refractivity contribution >= 4 is 39.7 Å². The number of hydrogen-bond donors (Lipinski definition) is 2. The number of esters is 1. The summed E-state index contributed by atoms with van der Waals surface area (Å²) in [7, 11) is 0. The minimum Gasteiger partial charge on any atom is -0.490 e. The molecule has 0 saturated heterocycles. The van der Waals surface area contributed by atoms with Crippen LogP contribution < -0.4 is 14.8 Å². The van der Waals surface area contributed by atoms with Crippen LogP contribution in [0, 0.1) is 0 Å². The summed E-state index contributed by atoms with van der Waals surface area (Å²) in [6.07, 6.45) is 1.25. The van der Waals surface area contributed by atoms with Crippen molar-refractivity contribution in [3.05, 3.63) is 52.0 Å². The Labute approximate surface area is 176 Å². The second kappa shape index (κ2) is 11.1. The Hall–Kier alpha value is -3.07. The molecule has 8 nitrogen and oxygen atoms in total. The van der Waals surface area contributed by atoms with E-state index in [-0.39, 0.29) is 12.5 Å². The molecule has 0 aliphatic carbocycles. The molecule has 0 aliphatic rings. The van der Waals surface area contributed by atoms with Crippen molar-refractivity contribution in [3.63, 3.8) is 0 Å². The molecule has 0 aromatic heterocycles. The largest absolute Gasteiger partial charge is 0.490 e. The average Bonchev–Trinajstić information content (AvgIpc) is 2.68. The van der Waals surface area contributed by atoms with Crippen molar-refractivity contribution < 1.29 is 29.0 Å². The number of benzene rings is 2. The Morgan fingerprint density at radius 3 is 2.48 bits per heavy atom. The van der Waals surface area contributed by atoms with Gasteiger partial charge in [0.25, 0.3) is 5.91 Å². The summed E-state index contributed by atoms with van der Waals surface area (Å²) in [5.41, 5.74) is 1.52. The molecule has 1 amide bonds. The summed E-state index contributed by atoms with van der Waals surface area (Å²) in [4.78, 5) is 23.9. The molecule has 2 N–H and O–H groups in total. The van der Waals surface area contributed by atoms with Gasteiger partial charge in [-0.05, 0) is 66.2 Å². The monoisotopic (exact) mass is 464 g/mol. The van der Waals surface area contributed by atoms with Gasteiger partial charge < -0.3 is 24.7 Å². The SMILES string of the molecule is CCOC(=O)c1ccc(NC(=O)COc2c(Br)cc(C=NO)cc2OCC)cc1. The van der Waals surface area contributed by atoms with Crippen LogP contribution in [0.5, 0.6) is 11.5 Å². The van der Waals surface area contributed by atoms with E-state index in [1.807, 2.05) is 6.92 Å². The lowest BCUT2D eigenvalue weighted by Gasteiger charge is -2.14. The summed E-state index contributed by atoms with van der Waals surface area (Å²) in [5, 5.41) is 14.4. The van der Waals surface area contributed by atoms with Crippen molar-refractivity contribution in [2.75, 3.05) is 25.1 Å². The Bertz CT molecular complexity index is 883. The van der Waals surface area contributed by atoms with E-state index >= 15 is 0 Å². The van der Waals surface area contributed by atoms with Gasteiger partial charge in [-0.1, -0.05) is 5.16 Å². The maximum absolute atomic E-state index is 12.2. The van der Waals surface area contributed by atoms with E-state index in [0.717, 1.165) is 0 Å². The highest BCUT2D eigenvalue weighted by Gasteiger charge is 2.14. The molecule has 9 heteroatoms. The summed E-state index contributed by atoms with van der Waals surface area (Å²) in [5.74, 6) is -0.0425. The lowest BCUT2D eigenvalue weighted by Crippen LogP contribution is -2.20. The molecule has 2 rings (SSSR count). The Morgan fingerprint density at radius 2 is 1.86 bits per heavy atom. The zero-order valence-electron chi connectivity index (χ0n) is 16.0. The molecule has 2 aromatic carbocycles. The summed E-state index contributed by atoms with van der Waals surface area (Å²) >= 11 is 3.37. The number of amides is 1. The first-order chi connectivity index (χ1) is 14.0. The van der Waals surface area contributed by atoms with E-state index in [2.05, 4.69) is 26.4 Å². The first kappa shape index (κ1) is 22.2. The summed E-state index contributed by atoms with van der Waals surface area (Å²) < 4.78 is 16.6. The van der Waals surface area contributed by atoms with E-state index in [1.165, 1.54) is 6.21 Å². The van der Waals surface area contributed by atoms with Crippen molar-refractivity contribution in [1.29, 1.82) is 0 Å². The van der Waals surface area contributed by atoms with Gasteiger partial charge in [-0.15, -0.1) is 0 Å². The fraction of sp³-hybridized carbons (Fsp3) is 0.250. The van der Waals surface area contributed by atoms with Gasteiger partial charge in [0.2, 0.25) is 0 Å². The lowest BCUT2D eigenvalue weighted by molar-refractivity contribution is -0.118. The second-order valence-electron chi connectivity index (χ2n) is 5.64. The van der Waals surface area contributed by atoms with E-state index in [4.69, 9.17) is 19.4 Å². The lowest BCUT2D eigenvalue weighted by atomic mass is 10.2. The second-order valence-corrected chi connectivity index (χ2v) is 6.50. The number of hydrogen-bond acceptors (Lipinski definition) is 7. The molecule has 0 unspecified atom stereocenters. The molecule has 154 valence electrons. The number of halogens is 1. The fourth-order valence-electron chi connectivity index (χ4n) is 2.37. The van der Waals surface area contributed by atoms with Crippen LogP contribution in [-0.4, -0.2) is 43.1 Å². The van der Waals surface area contributed by atoms with Crippen molar-refractivity contribution in [3.8, 4) is 11.5 Å². The third-order valence-corrected chi connectivity index (χ3v) is 4.15. The van der Waals surface area contributed by atoms with Gasteiger partial charge in [-0.25, -0.2) is 4.79 Å². The number of nitrogens with zero attached hydrogens (tertiary/aromatic N) is 1. The molecule has 29 heavy (non-hydrogen) atoms. The van der Waals surface area contributed by atoms with Gasteiger partial charge in [0.05, 0.1) is 29.5 Å². The molecular weight excluding hydrogens is 444 g/mol. The highest BCUT2D eigenvalue weighted by Crippen LogP contribution is 2.36. The van der Waals surface area contributed by atoms with Crippen LogP contribution in [0.25, 0.3) is 0 Å². The van der Waals surface area contributed by atoms with Crippen molar-refractivity contribution in [2.45, 2.75) is 13.8 Å². The highest BCUT2D eigenvalue weighted by molar-refractivity contribution is 9.10. The molecular formula is C20H21BrN2O6. The van der Waals surface area contributed by atoms with Crippen LogP contribution in [0.3, 0.4) is 0 Å². The average molecular weight is 465 g/mol. The number of rotatable bonds is 9. The number of carbonyl (C=O) groups excluding carboxylic acids is 2. The van der Waals surface area contributed by atoms with Crippen LogP contribution in [0.15, 0.2) is 46.0 Å². The van der Waals surface area contributed by atoms with E-state index in [1.54, 1.807) is 43.3 Å². The maximum atomic E-state index is 12.2. The smallest absolute Gasteiger partial charge is 0.338 e. The molecule has 0 fully saturated rings. The van der Waals surface area contributed by atoms with Crippen LogP contribution in [0.1, 0.15) is 29.8 Å². The van der Waals surface area contributed by atoms with Gasteiger partial charge >= 0.3 is 5.97 Å². The predicted molar refractivity (Wildman–Crippen MR) is 111 cm³/mol. The first-order valence-electron chi connectivity index (χ1n) is 8.82. The molecule has 0 atom stereocenters. The number of carbonyl (C=O) groups is 2. The summed E-state index contributed by atoms with van der Waals surface area (Å²) in [6.45, 7) is 3.97. The topological polar surface area (TPSA) is 106 Å². The van der Waals surface area contributed by atoms with E-state index < -0.39 is 5.97 Å². The van der Waals surface area contributed by atoms with Crippen LogP contribution in [0.2, 0.25) is 0 Å². The molecule has 0 radical (unpaired) electrons. The number of nitrogens with one attached hydrogen (secondary N) is 1. The Balaban J connectivity index is 2.02. The minimum absolute atomic E-state index is 0.258. The number of ether oxygens (including phenoxy) is 3. The third-order valence-electron chi connectivity index (χ3n) is 3.57. The minimum atomic E-state index is -0.420. The zero-order valence-corrected chi connectivity index (χ0v) is 17.6. The first-order valence-corrected chi connectivity index (χ1v) is 9.61. The highest BCUT2D eigenvalue weighted by atomic mass is 79.9. The van der Waals surface area contributed by atoms with Gasteiger partial charge in [0, 0.05) is 11.3 Å². The third kappa shape index (κ3) is 6.49. The van der Waals surface area contributed by atoms with Crippen molar-refractivity contribution in [2.24, 2.45) is 5.16 Å². The molecule has 0 heterocycles. The number of anilines is 1. The molecule has 0 spiro atoms. The van der Waals surface area contributed by atoms with Crippen LogP contribution in [-0.2, 0) is 9.53 Å². The van der Waals surface area contributed by atoms with E-state index in [9.17, 15) is 9.59 Å². The number of oxime groups is 1. The molecule has 0 saturated carbocycles. The Kier molecular flexibility index (Phi) is 8.47. The van der Waals surface area contributed by atoms with Gasteiger partial charge in [0.15, 0.2) is 18.1 Å².